The topological polar surface area (TPSA) is 84.1 Å². The van der Waals surface area contributed by atoms with Gasteiger partial charge in [0.25, 0.3) is 5.91 Å². The molecular formula is C21H17N3O3S. The number of fused-ring (bicyclic) bond motifs is 1. The van der Waals surface area contributed by atoms with Crippen molar-refractivity contribution in [3.8, 4) is 10.6 Å². The van der Waals surface area contributed by atoms with Gasteiger partial charge in [-0.1, -0.05) is 36.4 Å². The number of aromatic amines is 1. The van der Waals surface area contributed by atoms with E-state index in [0.29, 0.717) is 23.5 Å². The number of anilines is 1. The number of thiazole rings is 1. The number of hydrogen-bond donors (Lipinski definition) is 2. The average molecular weight is 391 g/mol. The Hall–Kier alpha value is -3.29. The lowest BCUT2D eigenvalue weighted by Crippen LogP contribution is -2.13. The van der Waals surface area contributed by atoms with Crippen LogP contribution in [-0.4, -0.2) is 23.0 Å². The van der Waals surface area contributed by atoms with E-state index >= 15 is 0 Å². The molecule has 0 atom stereocenters. The van der Waals surface area contributed by atoms with Crippen LogP contribution in [0.25, 0.3) is 21.5 Å². The van der Waals surface area contributed by atoms with Crippen molar-refractivity contribution >= 4 is 33.8 Å². The van der Waals surface area contributed by atoms with Crippen LogP contribution >= 0.6 is 11.3 Å². The molecule has 0 spiro atoms. The molecule has 0 saturated carbocycles. The summed E-state index contributed by atoms with van der Waals surface area (Å²) in [6.45, 7) is 0.340. The second kappa shape index (κ2) is 7.75. The Labute approximate surface area is 164 Å². The van der Waals surface area contributed by atoms with Crippen molar-refractivity contribution in [2.75, 3.05) is 12.4 Å². The summed E-state index contributed by atoms with van der Waals surface area (Å²) < 4.78 is 5.15. The molecule has 0 aliphatic rings. The fourth-order valence-electron chi connectivity index (χ4n) is 2.97. The van der Waals surface area contributed by atoms with Crippen molar-refractivity contribution in [2.45, 2.75) is 6.61 Å². The maximum absolute atomic E-state index is 12.6. The molecule has 2 aromatic carbocycles. The van der Waals surface area contributed by atoms with Gasteiger partial charge in [0, 0.05) is 35.2 Å². The van der Waals surface area contributed by atoms with E-state index < -0.39 is 0 Å². The van der Waals surface area contributed by atoms with Crippen molar-refractivity contribution in [2.24, 2.45) is 0 Å². The van der Waals surface area contributed by atoms with E-state index in [-0.39, 0.29) is 11.5 Å². The van der Waals surface area contributed by atoms with Gasteiger partial charge in [0.15, 0.2) is 0 Å². The highest BCUT2D eigenvalue weighted by Crippen LogP contribution is 2.24. The van der Waals surface area contributed by atoms with Crippen molar-refractivity contribution < 1.29 is 9.53 Å². The number of H-pyrrole nitrogens is 1. The van der Waals surface area contributed by atoms with Crippen LogP contribution in [0.1, 0.15) is 16.1 Å². The third-order valence-corrected chi connectivity index (χ3v) is 5.14. The predicted octanol–water partition coefficient (Wildman–Crippen LogP) is 4.05. The van der Waals surface area contributed by atoms with Crippen molar-refractivity contribution in [1.82, 2.24) is 9.97 Å². The SMILES string of the molecule is COCc1cc(=O)[nH]c2cc(NC(=O)c3csc(-c4ccccc4)n3)ccc12. The molecule has 4 rings (SSSR count). The first kappa shape index (κ1) is 18.1. The molecule has 140 valence electrons. The Bertz CT molecular complexity index is 1200. The third kappa shape index (κ3) is 3.71. The largest absolute Gasteiger partial charge is 0.380 e. The number of methoxy groups -OCH3 is 1. The minimum atomic E-state index is -0.298. The number of carbonyl (C=O) groups excluding carboxylic acids is 1. The van der Waals surface area contributed by atoms with Crippen LogP contribution in [-0.2, 0) is 11.3 Å². The first-order valence-electron chi connectivity index (χ1n) is 8.61. The van der Waals surface area contributed by atoms with Crippen LogP contribution in [0.3, 0.4) is 0 Å². The number of rotatable bonds is 5. The highest BCUT2D eigenvalue weighted by molar-refractivity contribution is 7.13. The van der Waals surface area contributed by atoms with Crippen LogP contribution < -0.4 is 10.9 Å². The number of aromatic nitrogens is 2. The second-order valence-corrected chi connectivity index (χ2v) is 7.07. The summed E-state index contributed by atoms with van der Waals surface area (Å²) in [6.07, 6.45) is 0. The zero-order valence-electron chi connectivity index (χ0n) is 15.1. The van der Waals surface area contributed by atoms with Gasteiger partial charge in [-0.25, -0.2) is 4.98 Å². The zero-order valence-corrected chi connectivity index (χ0v) is 15.9. The molecule has 2 heterocycles. The van der Waals surface area contributed by atoms with Gasteiger partial charge < -0.3 is 15.0 Å². The Balaban J connectivity index is 1.59. The second-order valence-electron chi connectivity index (χ2n) is 6.21. The molecule has 1 amide bonds. The number of ether oxygens (including phenoxy) is 1. The Morgan fingerprint density at radius 2 is 2.00 bits per heavy atom. The lowest BCUT2D eigenvalue weighted by Gasteiger charge is -2.08. The van der Waals surface area contributed by atoms with E-state index in [9.17, 15) is 9.59 Å². The maximum Gasteiger partial charge on any atom is 0.275 e. The van der Waals surface area contributed by atoms with Gasteiger partial charge in [-0.05, 0) is 17.7 Å². The van der Waals surface area contributed by atoms with Gasteiger partial charge >= 0.3 is 0 Å². The summed E-state index contributed by atoms with van der Waals surface area (Å²) >= 11 is 1.42. The number of amides is 1. The molecule has 2 aromatic heterocycles. The standard InChI is InChI=1S/C21H17N3O3S/c1-27-11-14-9-19(25)23-17-10-15(7-8-16(14)17)22-20(26)18-12-28-21(24-18)13-5-3-2-4-6-13/h2-10,12H,11H2,1H3,(H,22,26)(H,23,25). The molecule has 0 radical (unpaired) electrons. The van der Waals surface area contributed by atoms with Crippen molar-refractivity contribution in [3.05, 3.63) is 81.6 Å². The smallest absolute Gasteiger partial charge is 0.275 e. The summed E-state index contributed by atoms with van der Waals surface area (Å²) in [5, 5.41) is 6.24. The number of pyridine rings is 1. The minimum absolute atomic E-state index is 0.213. The highest BCUT2D eigenvalue weighted by atomic mass is 32.1. The number of nitrogens with one attached hydrogen (secondary N) is 2. The predicted molar refractivity (Wildman–Crippen MR) is 111 cm³/mol. The van der Waals surface area contributed by atoms with E-state index in [1.165, 1.54) is 17.4 Å². The van der Waals surface area contributed by atoms with Gasteiger partial charge in [-0.2, -0.15) is 0 Å². The van der Waals surface area contributed by atoms with Crippen LogP contribution in [0.2, 0.25) is 0 Å². The van der Waals surface area contributed by atoms with E-state index in [2.05, 4.69) is 15.3 Å². The number of carbonyl (C=O) groups is 1. The van der Waals surface area contributed by atoms with E-state index in [1.54, 1.807) is 24.6 Å². The molecule has 6 nitrogen and oxygen atoms in total. The molecule has 0 bridgehead atoms. The quantitative estimate of drug-likeness (QED) is 0.538. The molecule has 0 unspecified atom stereocenters. The van der Waals surface area contributed by atoms with Crippen LogP contribution in [0.5, 0.6) is 0 Å². The number of nitrogens with zero attached hydrogens (tertiary/aromatic N) is 1. The first-order chi connectivity index (χ1) is 13.6. The Morgan fingerprint density at radius 1 is 1.18 bits per heavy atom. The zero-order chi connectivity index (χ0) is 19.5. The molecule has 0 aliphatic heterocycles. The van der Waals surface area contributed by atoms with Crippen LogP contribution in [0.15, 0.2) is 64.8 Å². The van der Waals surface area contributed by atoms with Gasteiger partial charge in [0.05, 0.1) is 12.1 Å². The average Bonchev–Trinajstić information content (AvgIpc) is 3.19. The monoisotopic (exact) mass is 391 g/mol. The van der Waals surface area contributed by atoms with E-state index in [1.807, 2.05) is 36.4 Å². The summed E-state index contributed by atoms with van der Waals surface area (Å²) in [4.78, 5) is 31.7. The Kier molecular flexibility index (Phi) is 5.01. The fraction of sp³-hybridized carbons (Fsp3) is 0.0952. The summed E-state index contributed by atoms with van der Waals surface area (Å²) in [5.41, 5.74) is 3.13. The molecule has 4 aromatic rings. The molecule has 28 heavy (non-hydrogen) atoms. The third-order valence-electron chi connectivity index (χ3n) is 4.24. The van der Waals surface area contributed by atoms with E-state index in [0.717, 1.165) is 21.5 Å². The van der Waals surface area contributed by atoms with Gasteiger partial charge in [-0.3, -0.25) is 9.59 Å². The van der Waals surface area contributed by atoms with Gasteiger partial charge in [0.2, 0.25) is 5.56 Å². The molecule has 0 aliphatic carbocycles. The van der Waals surface area contributed by atoms with E-state index in [4.69, 9.17) is 4.74 Å². The Morgan fingerprint density at radius 3 is 2.79 bits per heavy atom. The van der Waals surface area contributed by atoms with Crippen LogP contribution in [0, 0.1) is 0 Å². The maximum atomic E-state index is 12.6. The molecule has 0 saturated heterocycles. The number of benzene rings is 2. The molecule has 2 N–H and O–H groups in total. The van der Waals surface area contributed by atoms with Crippen LogP contribution in [0.4, 0.5) is 5.69 Å². The van der Waals surface area contributed by atoms with Crippen molar-refractivity contribution in [3.63, 3.8) is 0 Å². The summed E-state index contributed by atoms with van der Waals surface area (Å²) in [7, 11) is 1.58. The molecule has 7 heteroatoms. The summed E-state index contributed by atoms with van der Waals surface area (Å²) in [6, 6.07) is 16.6. The van der Waals surface area contributed by atoms with Gasteiger partial charge in [0.1, 0.15) is 10.7 Å². The minimum Gasteiger partial charge on any atom is -0.380 e. The molecular weight excluding hydrogens is 374 g/mol. The first-order valence-corrected chi connectivity index (χ1v) is 9.49. The number of hydrogen-bond acceptors (Lipinski definition) is 5. The molecule has 0 fully saturated rings. The fourth-order valence-corrected chi connectivity index (χ4v) is 3.78. The lowest BCUT2D eigenvalue weighted by atomic mass is 10.1. The van der Waals surface area contributed by atoms with Crippen molar-refractivity contribution in [1.29, 1.82) is 0 Å². The summed E-state index contributed by atoms with van der Waals surface area (Å²) in [5.74, 6) is -0.298. The highest BCUT2D eigenvalue weighted by Gasteiger charge is 2.13. The normalized spacial score (nSPS) is 10.9. The van der Waals surface area contributed by atoms with Gasteiger partial charge in [-0.15, -0.1) is 11.3 Å². The lowest BCUT2D eigenvalue weighted by molar-refractivity contribution is 0.102.